The van der Waals surface area contributed by atoms with Gasteiger partial charge in [-0.25, -0.2) is 0 Å². The average molecular weight is 323 g/mol. The van der Waals surface area contributed by atoms with Gasteiger partial charge in [0.05, 0.1) is 6.20 Å². The molecule has 2 aromatic rings. The molecule has 0 unspecified atom stereocenters. The largest absolute Gasteiger partial charge is 0.398 e. The lowest BCUT2D eigenvalue weighted by molar-refractivity contribution is 0.0950. The van der Waals surface area contributed by atoms with Crippen molar-refractivity contribution in [2.75, 3.05) is 5.73 Å². The smallest absolute Gasteiger partial charge is 0.251 e. The lowest BCUT2D eigenvalue weighted by atomic mass is 10.1. The van der Waals surface area contributed by atoms with Crippen molar-refractivity contribution in [1.82, 2.24) is 15.1 Å². The first-order chi connectivity index (χ1) is 8.97. The van der Waals surface area contributed by atoms with E-state index in [1.165, 1.54) is 0 Å². The molecule has 0 atom stereocenters. The molecule has 3 N–H and O–H groups in total. The van der Waals surface area contributed by atoms with Crippen molar-refractivity contribution in [3.63, 3.8) is 0 Å². The van der Waals surface area contributed by atoms with Gasteiger partial charge in [-0.2, -0.15) is 5.10 Å². The number of hydrogen-bond acceptors (Lipinski definition) is 3. The maximum absolute atomic E-state index is 12.1. The molecule has 0 radical (unpaired) electrons. The third-order valence-electron chi connectivity index (χ3n) is 2.87. The molecule has 1 aromatic carbocycles. The Morgan fingerprint density at radius 1 is 1.53 bits per heavy atom. The number of nitrogens with one attached hydrogen (secondary N) is 1. The molecular formula is C13H15BrN4O. The summed E-state index contributed by atoms with van der Waals surface area (Å²) in [6, 6.07) is 3.55. The first-order valence-corrected chi connectivity index (χ1v) is 6.58. The van der Waals surface area contributed by atoms with E-state index in [1.54, 1.807) is 23.0 Å². The second-order valence-corrected chi connectivity index (χ2v) is 5.29. The van der Waals surface area contributed by atoms with Gasteiger partial charge in [0.25, 0.3) is 5.91 Å². The number of benzene rings is 1. The molecule has 6 heteroatoms. The number of anilines is 1. The molecule has 0 aliphatic rings. The highest BCUT2D eigenvalue weighted by Crippen LogP contribution is 2.22. The number of aryl methyl sites for hydroxylation is 1. The molecule has 0 aliphatic heterocycles. The molecule has 0 fully saturated rings. The Balaban J connectivity index is 2.12. The molecule has 0 bridgehead atoms. The minimum absolute atomic E-state index is 0.144. The SMILES string of the molecule is Cc1c(N)cc(Br)cc1C(=O)NCc1cnn(C)c1. The number of halogens is 1. The fourth-order valence-electron chi connectivity index (χ4n) is 1.78. The van der Waals surface area contributed by atoms with E-state index in [1.807, 2.05) is 20.2 Å². The summed E-state index contributed by atoms with van der Waals surface area (Å²) in [6.45, 7) is 2.28. The van der Waals surface area contributed by atoms with Gasteiger partial charge in [-0.05, 0) is 24.6 Å². The molecule has 1 aromatic heterocycles. The van der Waals surface area contributed by atoms with E-state index in [2.05, 4.69) is 26.3 Å². The predicted molar refractivity (Wildman–Crippen MR) is 77.7 cm³/mol. The molecule has 19 heavy (non-hydrogen) atoms. The Kier molecular flexibility index (Phi) is 3.90. The minimum atomic E-state index is -0.144. The van der Waals surface area contributed by atoms with Crippen LogP contribution in [-0.2, 0) is 13.6 Å². The highest BCUT2D eigenvalue weighted by molar-refractivity contribution is 9.10. The standard InChI is InChI=1S/C13H15BrN4O/c1-8-11(3-10(14)4-12(8)15)13(19)16-5-9-6-17-18(2)7-9/h3-4,6-7H,5,15H2,1-2H3,(H,16,19). The molecule has 0 saturated carbocycles. The van der Waals surface area contributed by atoms with E-state index in [9.17, 15) is 4.79 Å². The lowest BCUT2D eigenvalue weighted by Crippen LogP contribution is -2.23. The van der Waals surface area contributed by atoms with Crippen LogP contribution in [0.4, 0.5) is 5.69 Å². The second-order valence-electron chi connectivity index (χ2n) is 4.37. The zero-order valence-corrected chi connectivity index (χ0v) is 12.4. The molecule has 1 heterocycles. The van der Waals surface area contributed by atoms with Gasteiger partial charge in [0.1, 0.15) is 0 Å². The summed E-state index contributed by atoms with van der Waals surface area (Å²) in [6.07, 6.45) is 3.59. The summed E-state index contributed by atoms with van der Waals surface area (Å²) in [7, 11) is 1.84. The van der Waals surface area contributed by atoms with E-state index in [0.29, 0.717) is 17.8 Å². The van der Waals surface area contributed by atoms with Gasteiger partial charge in [0.15, 0.2) is 0 Å². The Hall–Kier alpha value is -1.82. The van der Waals surface area contributed by atoms with E-state index < -0.39 is 0 Å². The summed E-state index contributed by atoms with van der Waals surface area (Å²) in [5.41, 5.74) is 8.76. The number of carbonyl (C=O) groups is 1. The van der Waals surface area contributed by atoms with Crippen LogP contribution in [0.25, 0.3) is 0 Å². The maximum Gasteiger partial charge on any atom is 0.251 e. The summed E-state index contributed by atoms with van der Waals surface area (Å²) in [5, 5.41) is 6.91. The van der Waals surface area contributed by atoms with Crippen molar-refractivity contribution >= 4 is 27.5 Å². The number of amides is 1. The van der Waals surface area contributed by atoms with Crippen molar-refractivity contribution in [3.05, 3.63) is 45.7 Å². The topological polar surface area (TPSA) is 72.9 Å². The molecule has 100 valence electrons. The second kappa shape index (κ2) is 5.44. The first-order valence-electron chi connectivity index (χ1n) is 5.78. The maximum atomic E-state index is 12.1. The zero-order valence-electron chi connectivity index (χ0n) is 10.8. The van der Waals surface area contributed by atoms with Crippen LogP contribution >= 0.6 is 15.9 Å². The lowest BCUT2D eigenvalue weighted by Gasteiger charge is -2.09. The number of aromatic nitrogens is 2. The normalized spacial score (nSPS) is 10.5. The molecule has 0 spiro atoms. The molecule has 0 saturated heterocycles. The Bertz CT molecular complexity index is 621. The molecule has 2 rings (SSSR count). The zero-order chi connectivity index (χ0) is 14.0. The Labute approximate surface area is 119 Å². The van der Waals surface area contributed by atoms with Gasteiger partial charge >= 0.3 is 0 Å². The van der Waals surface area contributed by atoms with Crippen LogP contribution in [0.2, 0.25) is 0 Å². The quantitative estimate of drug-likeness (QED) is 0.849. The highest BCUT2D eigenvalue weighted by atomic mass is 79.9. The predicted octanol–water partition coefficient (Wildman–Crippen LogP) is 2.00. The first kappa shape index (κ1) is 13.6. The summed E-state index contributed by atoms with van der Waals surface area (Å²) >= 11 is 3.34. The number of nitrogen functional groups attached to an aromatic ring is 1. The van der Waals surface area contributed by atoms with Crippen molar-refractivity contribution in [1.29, 1.82) is 0 Å². The number of nitrogens with two attached hydrogens (primary N) is 1. The molecule has 1 amide bonds. The van der Waals surface area contributed by atoms with Crippen molar-refractivity contribution in [2.45, 2.75) is 13.5 Å². The van der Waals surface area contributed by atoms with Crippen molar-refractivity contribution in [3.8, 4) is 0 Å². The summed E-state index contributed by atoms with van der Waals surface area (Å²) in [4.78, 5) is 12.1. The molecule has 0 aliphatic carbocycles. The van der Waals surface area contributed by atoms with Crippen LogP contribution in [0, 0.1) is 6.92 Å². The summed E-state index contributed by atoms with van der Waals surface area (Å²) in [5.74, 6) is -0.144. The number of rotatable bonds is 3. The number of hydrogen-bond donors (Lipinski definition) is 2. The minimum Gasteiger partial charge on any atom is -0.398 e. The van der Waals surface area contributed by atoms with Gasteiger partial charge in [-0.1, -0.05) is 15.9 Å². The third kappa shape index (κ3) is 3.14. The number of nitrogens with zero attached hydrogens (tertiary/aromatic N) is 2. The van der Waals surface area contributed by atoms with Gasteiger partial charge in [-0.15, -0.1) is 0 Å². The fraction of sp³-hybridized carbons (Fsp3) is 0.231. The van der Waals surface area contributed by atoms with Crippen molar-refractivity contribution < 1.29 is 4.79 Å². The van der Waals surface area contributed by atoms with Crippen LogP contribution in [0.15, 0.2) is 29.0 Å². The van der Waals surface area contributed by atoms with Gasteiger partial charge in [-0.3, -0.25) is 9.48 Å². The third-order valence-corrected chi connectivity index (χ3v) is 3.33. The van der Waals surface area contributed by atoms with E-state index >= 15 is 0 Å². The highest BCUT2D eigenvalue weighted by Gasteiger charge is 2.12. The van der Waals surface area contributed by atoms with Gasteiger partial charge < -0.3 is 11.1 Å². The van der Waals surface area contributed by atoms with Crippen molar-refractivity contribution in [2.24, 2.45) is 7.05 Å². The van der Waals surface area contributed by atoms with Gasteiger partial charge in [0, 0.05) is 41.1 Å². The van der Waals surface area contributed by atoms with Crippen LogP contribution in [-0.4, -0.2) is 15.7 Å². The number of carbonyl (C=O) groups excluding carboxylic acids is 1. The molecule has 5 nitrogen and oxygen atoms in total. The van der Waals surface area contributed by atoms with Crippen LogP contribution in [0.1, 0.15) is 21.5 Å². The Morgan fingerprint density at radius 3 is 2.89 bits per heavy atom. The fourth-order valence-corrected chi connectivity index (χ4v) is 2.25. The van der Waals surface area contributed by atoms with Crippen LogP contribution in [0.5, 0.6) is 0 Å². The Morgan fingerprint density at radius 2 is 2.26 bits per heavy atom. The van der Waals surface area contributed by atoms with E-state index in [0.717, 1.165) is 15.6 Å². The van der Waals surface area contributed by atoms with E-state index in [4.69, 9.17) is 5.73 Å². The van der Waals surface area contributed by atoms with E-state index in [-0.39, 0.29) is 5.91 Å². The molecular weight excluding hydrogens is 308 g/mol. The van der Waals surface area contributed by atoms with Crippen LogP contribution < -0.4 is 11.1 Å². The monoisotopic (exact) mass is 322 g/mol. The van der Waals surface area contributed by atoms with Gasteiger partial charge in [0.2, 0.25) is 0 Å². The summed E-state index contributed by atoms with van der Waals surface area (Å²) < 4.78 is 2.49. The van der Waals surface area contributed by atoms with Crippen LogP contribution in [0.3, 0.4) is 0 Å². The average Bonchev–Trinajstić information content (AvgIpc) is 2.76.